The van der Waals surface area contributed by atoms with Gasteiger partial charge in [-0.05, 0) is 50.4 Å². The molecule has 7 nitrogen and oxygen atoms in total. The molecule has 134 valence electrons. The van der Waals surface area contributed by atoms with Crippen LogP contribution in [0.3, 0.4) is 0 Å². The van der Waals surface area contributed by atoms with Crippen molar-refractivity contribution in [2.24, 2.45) is 0 Å². The van der Waals surface area contributed by atoms with Gasteiger partial charge in [-0.1, -0.05) is 6.07 Å². The zero-order valence-electron chi connectivity index (χ0n) is 13.4. The first-order chi connectivity index (χ1) is 11.4. The van der Waals surface area contributed by atoms with E-state index in [2.05, 4.69) is 10.0 Å². The van der Waals surface area contributed by atoms with Crippen LogP contribution in [0.1, 0.15) is 25.7 Å². The van der Waals surface area contributed by atoms with Gasteiger partial charge in [-0.2, -0.15) is 4.31 Å². The number of benzene rings is 1. The summed E-state index contributed by atoms with van der Waals surface area (Å²) in [7, 11) is -7.36. The lowest BCUT2D eigenvalue weighted by atomic mass is 10.1. The molecule has 1 atom stereocenters. The minimum absolute atomic E-state index is 0.00616. The molecular formula is C15H23N3O4S2. The van der Waals surface area contributed by atoms with Crippen molar-refractivity contribution >= 4 is 20.0 Å². The zero-order valence-corrected chi connectivity index (χ0v) is 15.1. The largest absolute Gasteiger partial charge is 0.315 e. The first-order valence-electron chi connectivity index (χ1n) is 8.23. The molecule has 0 spiro atoms. The molecule has 3 rings (SSSR count). The first kappa shape index (κ1) is 17.8. The van der Waals surface area contributed by atoms with Crippen LogP contribution >= 0.6 is 0 Å². The molecule has 0 amide bonds. The summed E-state index contributed by atoms with van der Waals surface area (Å²) >= 11 is 0. The Bertz CT molecular complexity index is 781. The Morgan fingerprint density at radius 2 is 1.75 bits per heavy atom. The van der Waals surface area contributed by atoms with Gasteiger partial charge in [0.15, 0.2) is 0 Å². The van der Waals surface area contributed by atoms with Gasteiger partial charge in [0, 0.05) is 25.7 Å². The predicted molar refractivity (Wildman–Crippen MR) is 90.6 cm³/mol. The highest BCUT2D eigenvalue weighted by molar-refractivity contribution is 7.90. The van der Waals surface area contributed by atoms with Crippen molar-refractivity contribution in [1.29, 1.82) is 0 Å². The number of hydrogen-bond acceptors (Lipinski definition) is 5. The molecule has 1 aromatic rings. The highest BCUT2D eigenvalue weighted by Gasteiger charge is 2.29. The van der Waals surface area contributed by atoms with Crippen LogP contribution in [-0.4, -0.2) is 53.4 Å². The van der Waals surface area contributed by atoms with Crippen LogP contribution in [0, 0.1) is 0 Å². The first-order valence-corrected chi connectivity index (χ1v) is 11.2. The third-order valence-corrected chi connectivity index (χ3v) is 7.85. The van der Waals surface area contributed by atoms with Crippen molar-refractivity contribution < 1.29 is 16.8 Å². The molecule has 24 heavy (non-hydrogen) atoms. The van der Waals surface area contributed by atoms with Crippen LogP contribution in [-0.2, 0) is 20.0 Å². The van der Waals surface area contributed by atoms with Gasteiger partial charge < -0.3 is 5.32 Å². The molecule has 0 aliphatic carbocycles. The molecule has 2 fully saturated rings. The maximum absolute atomic E-state index is 12.6. The lowest BCUT2D eigenvalue weighted by Gasteiger charge is -2.23. The summed E-state index contributed by atoms with van der Waals surface area (Å²) in [5.41, 5.74) is 0. The van der Waals surface area contributed by atoms with Gasteiger partial charge in [0.05, 0.1) is 9.79 Å². The minimum atomic E-state index is -3.74. The average molecular weight is 374 g/mol. The molecule has 9 heteroatoms. The third kappa shape index (κ3) is 3.80. The monoisotopic (exact) mass is 373 g/mol. The normalized spacial score (nSPS) is 23.4. The van der Waals surface area contributed by atoms with E-state index in [0.717, 1.165) is 32.2 Å². The van der Waals surface area contributed by atoms with Crippen LogP contribution in [0.5, 0.6) is 0 Å². The van der Waals surface area contributed by atoms with E-state index in [4.69, 9.17) is 0 Å². The summed E-state index contributed by atoms with van der Waals surface area (Å²) in [5.74, 6) is 0. The lowest BCUT2D eigenvalue weighted by molar-refractivity contribution is 0.428. The Balaban J connectivity index is 1.84. The van der Waals surface area contributed by atoms with Gasteiger partial charge in [-0.15, -0.1) is 0 Å². The summed E-state index contributed by atoms with van der Waals surface area (Å²) in [6.07, 6.45) is 3.37. The predicted octanol–water partition coefficient (Wildman–Crippen LogP) is 0.501. The van der Waals surface area contributed by atoms with E-state index in [0.29, 0.717) is 19.6 Å². The average Bonchev–Trinajstić information content (AvgIpc) is 3.11. The molecule has 0 radical (unpaired) electrons. The smallest absolute Gasteiger partial charge is 0.243 e. The second-order valence-electron chi connectivity index (χ2n) is 6.25. The van der Waals surface area contributed by atoms with Crippen molar-refractivity contribution in [3.05, 3.63) is 24.3 Å². The molecule has 2 aliphatic heterocycles. The van der Waals surface area contributed by atoms with E-state index in [-0.39, 0.29) is 15.8 Å². The fraction of sp³-hybridized carbons (Fsp3) is 0.600. The standard InChI is InChI=1S/C15H23N3O4S2/c19-23(20,17-13-5-4-8-16-12-13)14-6-3-7-15(11-14)24(21,22)18-9-1-2-10-18/h3,6-7,11,13,16-17H,1-2,4-5,8-10,12H2. The van der Waals surface area contributed by atoms with E-state index in [1.54, 1.807) is 0 Å². The summed E-state index contributed by atoms with van der Waals surface area (Å²) < 4.78 is 54.4. The molecule has 0 aromatic heterocycles. The SMILES string of the molecule is O=S(=O)(NC1CCCNC1)c1cccc(S(=O)(=O)N2CCCC2)c1. The van der Waals surface area contributed by atoms with Gasteiger partial charge in [-0.25, -0.2) is 21.6 Å². The Morgan fingerprint density at radius 1 is 1.04 bits per heavy atom. The maximum atomic E-state index is 12.6. The van der Waals surface area contributed by atoms with Gasteiger partial charge in [0.25, 0.3) is 0 Å². The molecule has 1 aromatic carbocycles. The second kappa shape index (κ2) is 7.09. The van der Waals surface area contributed by atoms with Crippen molar-refractivity contribution in [3.63, 3.8) is 0 Å². The van der Waals surface area contributed by atoms with E-state index >= 15 is 0 Å². The molecular weight excluding hydrogens is 350 g/mol. The van der Waals surface area contributed by atoms with E-state index in [1.807, 2.05) is 0 Å². The van der Waals surface area contributed by atoms with Crippen molar-refractivity contribution in [1.82, 2.24) is 14.3 Å². The molecule has 2 heterocycles. The number of nitrogens with zero attached hydrogens (tertiary/aromatic N) is 1. The number of piperidine rings is 1. The van der Waals surface area contributed by atoms with Gasteiger partial charge in [0.1, 0.15) is 0 Å². The van der Waals surface area contributed by atoms with Gasteiger partial charge >= 0.3 is 0 Å². The Morgan fingerprint density at radius 3 is 2.42 bits per heavy atom. The molecule has 0 saturated carbocycles. The second-order valence-corrected chi connectivity index (χ2v) is 9.90. The quantitative estimate of drug-likeness (QED) is 0.784. The number of hydrogen-bond donors (Lipinski definition) is 2. The highest BCUT2D eigenvalue weighted by atomic mass is 32.2. The van der Waals surface area contributed by atoms with Crippen LogP contribution < -0.4 is 10.0 Å². The topological polar surface area (TPSA) is 95.6 Å². The summed E-state index contributed by atoms with van der Waals surface area (Å²) in [4.78, 5) is 0.0300. The Hall–Kier alpha value is -1.00. The molecule has 2 aliphatic rings. The minimum Gasteiger partial charge on any atom is -0.315 e. The van der Waals surface area contributed by atoms with Crippen LogP contribution in [0.4, 0.5) is 0 Å². The third-order valence-electron chi connectivity index (χ3n) is 4.44. The van der Waals surface area contributed by atoms with E-state index in [9.17, 15) is 16.8 Å². The number of nitrogens with one attached hydrogen (secondary N) is 2. The van der Waals surface area contributed by atoms with Crippen molar-refractivity contribution in [3.8, 4) is 0 Å². The molecule has 0 bridgehead atoms. The lowest BCUT2D eigenvalue weighted by Crippen LogP contribution is -2.45. The van der Waals surface area contributed by atoms with Gasteiger partial charge in [-0.3, -0.25) is 0 Å². The zero-order chi connectivity index (χ0) is 17.2. The maximum Gasteiger partial charge on any atom is 0.243 e. The van der Waals surface area contributed by atoms with Crippen LogP contribution in [0.25, 0.3) is 0 Å². The fourth-order valence-electron chi connectivity index (χ4n) is 3.12. The number of rotatable bonds is 5. The van der Waals surface area contributed by atoms with E-state index < -0.39 is 20.0 Å². The summed E-state index contributed by atoms with van der Waals surface area (Å²) in [5, 5.41) is 3.15. The van der Waals surface area contributed by atoms with E-state index in [1.165, 1.54) is 28.6 Å². The van der Waals surface area contributed by atoms with Crippen molar-refractivity contribution in [2.45, 2.75) is 41.5 Å². The van der Waals surface area contributed by atoms with Gasteiger partial charge in [0.2, 0.25) is 20.0 Å². The van der Waals surface area contributed by atoms with Crippen LogP contribution in [0.2, 0.25) is 0 Å². The highest BCUT2D eigenvalue weighted by Crippen LogP contribution is 2.23. The Labute approximate surface area is 143 Å². The number of sulfonamides is 2. The summed E-state index contributed by atoms with van der Waals surface area (Å²) in [6, 6.07) is 5.46. The molecule has 1 unspecified atom stereocenters. The van der Waals surface area contributed by atoms with Crippen molar-refractivity contribution in [2.75, 3.05) is 26.2 Å². The summed E-state index contributed by atoms with van der Waals surface area (Å²) in [6.45, 7) is 2.46. The molecule has 2 N–H and O–H groups in total. The molecule has 2 saturated heterocycles. The van der Waals surface area contributed by atoms with Crippen LogP contribution in [0.15, 0.2) is 34.1 Å². The Kier molecular flexibility index (Phi) is 5.26. The fourth-order valence-corrected chi connectivity index (χ4v) is 6.07.